The number of carboxylic acids is 1. The van der Waals surface area contributed by atoms with E-state index in [9.17, 15) is 4.79 Å². The summed E-state index contributed by atoms with van der Waals surface area (Å²) in [5.41, 5.74) is 0.0431. The molecule has 0 aliphatic rings. The maximum Gasteiger partial charge on any atom is 0.339 e. The number of hydrogen-bond acceptors (Lipinski definition) is 3. The second-order valence-electron chi connectivity index (χ2n) is 2.87. The van der Waals surface area contributed by atoms with Gasteiger partial charge in [-0.25, -0.2) is 9.78 Å². The summed E-state index contributed by atoms with van der Waals surface area (Å²) >= 11 is 5.65. The maximum atomic E-state index is 10.8. The van der Waals surface area contributed by atoms with E-state index in [1.165, 1.54) is 12.1 Å². The zero-order valence-electron chi connectivity index (χ0n) is 7.99. The molecule has 1 aromatic heterocycles. The summed E-state index contributed by atoms with van der Waals surface area (Å²) in [5, 5.41) is 11.9. The zero-order chi connectivity index (χ0) is 11.4. The lowest BCUT2D eigenvalue weighted by atomic mass is 10.2. The first-order chi connectivity index (χ1) is 7.04. The third-order valence-electron chi connectivity index (χ3n) is 1.69. The Hall–Kier alpha value is -1.73. The van der Waals surface area contributed by atoms with Crippen LogP contribution in [0.3, 0.4) is 0 Å². The van der Waals surface area contributed by atoms with Gasteiger partial charge in [0.15, 0.2) is 0 Å². The van der Waals surface area contributed by atoms with Gasteiger partial charge in [-0.1, -0.05) is 17.5 Å². The van der Waals surface area contributed by atoms with Gasteiger partial charge >= 0.3 is 5.97 Å². The van der Waals surface area contributed by atoms with Gasteiger partial charge in [0.05, 0.1) is 6.04 Å². The molecule has 1 rings (SSSR count). The van der Waals surface area contributed by atoms with Crippen LogP contribution in [0.25, 0.3) is 0 Å². The first-order valence-electron chi connectivity index (χ1n) is 4.17. The van der Waals surface area contributed by atoms with Crippen LogP contribution in [0, 0.1) is 12.3 Å². The van der Waals surface area contributed by atoms with Crippen molar-refractivity contribution in [3.05, 3.63) is 22.8 Å². The number of pyridine rings is 1. The minimum atomic E-state index is -1.08. The molecule has 0 saturated carbocycles. The van der Waals surface area contributed by atoms with Gasteiger partial charge in [-0.15, -0.1) is 6.42 Å². The number of carbonyl (C=O) groups is 1. The summed E-state index contributed by atoms with van der Waals surface area (Å²) < 4.78 is 0. The van der Waals surface area contributed by atoms with Crippen molar-refractivity contribution in [2.24, 2.45) is 0 Å². The molecular weight excluding hydrogens is 216 g/mol. The van der Waals surface area contributed by atoms with Gasteiger partial charge in [0, 0.05) is 0 Å². The van der Waals surface area contributed by atoms with Crippen LogP contribution < -0.4 is 5.32 Å². The van der Waals surface area contributed by atoms with Crippen LogP contribution in [0.4, 0.5) is 5.82 Å². The molecule has 4 nitrogen and oxygen atoms in total. The number of aromatic carboxylic acids is 1. The van der Waals surface area contributed by atoms with Crippen LogP contribution in [0.15, 0.2) is 12.1 Å². The predicted octanol–water partition coefficient (Wildman–Crippen LogP) is 1.87. The van der Waals surface area contributed by atoms with Crippen molar-refractivity contribution in [2.75, 3.05) is 5.32 Å². The van der Waals surface area contributed by atoms with E-state index in [-0.39, 0.29) is 22.6 Å². The summed E-state index contributed by atoms with van der Waals surface area (Å²) in [5.74, 6) is 1.51. The van der Waals surface area contributed by atoms with Gasteiger partial charge < -0.3 is 10.4 Å². The van der Waals surface area contributed by atoms with Crippen LogP contribution in [0.1, 0.15) is 17.3 Å². The Bertz CT molecular complexity index is 426. The van der Waals surface area contributed by atoms with Crippen LogP contribution in [0.5, 0.6) is 0 Å². The minimum Gasteiger partial charge on any atom is -0.478 e. The van der Waals surface area contributed by atoms with Gasteiger partial charge in [0.25, 0.3) is 0 Å². The number of terminal acetylenes is 1. The molecule has 78 valence electrons. The molecule has 0 bridgehead atoms. The van der Waals surface area contributed by atoms with Gasteiger partial charge in [0.1, 0.15) is 16.5 Å². The van der Waals surface area contributed by atoms with Crippen LogP contribution in [0.2, 0.25) is 5.15 Å². The van der Waals surface area contributed by atoms with Crippen LogP contribution in [-0.4, -0.2) is 22.1 Å². The number of rotatable bonds is 3. The molecule has 0 saturated heterocycles. The standard InChI is InChI=1S/C10H9ClN2O2/c1-3-6(2)12-9-7(10(14)15)4-5-8(11)13-9/h1,4-6H,2H3,(H,12,13)(H,14,15). The fourth-order valence-electron chi connectivity index (χ4n) is 0.965. The highest BCUT2D eigenvalue weighted by Gasteiger charge is 2.12. The number of aromatic nitrogens is 1. The van der Waals surface area contributed by atoms with Gasteiger partial charge in [-0.05, 0) is 19.1 Å². The lowest BCUT2D eigenvalue weighted by Crippen LogP contribution is -2.16. The fourth-order valence-corrected chi connectivity index (χ4v) is 1.11. The first-order valence-corrected chi connectivity index (χ1v) is 4.55. The highest BCUT2D eigenvalue weighted by Crippen LogP contribution is 2.17. The molecule has 1 heterocycles. The smallest absolute Gasteiger partial charge is 0.339 e. The van der Waals surface area contributed by atoms with Gasteiger partial charge in [0.2, 0.25) is 0 Å². The molecule has 0 aliphatic heterocycles. The van der Waals surface area contributed by atoms with Gasteiger partial charge in [-0.2, -0.15) is 0 Å². The van der Waals surface area contributed by atoms with Crippen molar-refractivity contribution in [3.63, 3.8) is 0 Å². The van der Waals surface area contributed by atoms with E-state index in [4.69, 9.17) is 23.1 Å². The Morgan fingerprint density at radius 2 is 2.40 bits per heavy atom. The highest BCUT2D eigenvalue weighted by atomic mass is 35.5. The molecule has 0 fully saturated rings. The molecule has 5 heteroatoms. The number of carboxylic acid groups (broad SMARTS) is 1. The third-order valence-corrected chi connectivity index (χ3v) is 1.91. The Balaban J connectivity index is 3.08. The van der Waals surface area contributed by atoms with E-state index >= 15 is 0 Å². The highest BCUT2D eigenvalue weighted by molar-refractivity contribution is 6.29. The summed E-state index contributed by atoms with van der Waals surface area (Å²) in [6.45, 7) is 1.72. The maximum absolute atomic E-state index is 10.8. The predicted molar refractivity (Wildman–Crippen MR) is 58.1 cm³/mol. The second-order valence-corrected chi connectivity index (χ2v) is 3.26. The van der Waals surface area contributed by atoms with Crippen LogP contribution >= 0.6 is 11.6 Å². The van der Waals surface area contributed by atoms with Crippen molar-refractivity contribution >= 4 is 23.4 Å². The summed E-state index contributed by atoms with van der Waals surface area (Å²) in [4.78, 5) is 14.7. The molecule has 0 aliphatic carbocycles. The van der Waals surface area contributed by atoms with E-state index < -0.39 is 5.97 Å². The summed E-state index contributed by atoms with van der Waals surface area (Å²) in [6, 6.07) is 2.48. The van der Waals surface area contributed by atoms with E-state index in [2.05, 4.69) is 16.2 Å². The Kier molecular flexibility index (Phi) is 3.53. The Morgan fingerprint density at radius 1 is 1.73 bits per heavy atom. The SMILES string of the molecule is C#CC(C)Nc1nc(Cl)ccc1C(=O)O. The molecule has 1 aromatic rings. The fraction of sp³-hybridized carbons (Fsp3) is 0.200. The van der Waals surface area contributed by atoms with Crippen molar-refractivity contribution < 1.29 is 9.90 Å². The number of anilines is 1. The number of hydrogen-bond donors (Lipinski definition) is 2. The molecule has 0 spiro atoms. The summed E-state index contributed by atoms with van der Waals surface area (Å²) in [7, 11) is 0. The van der Waals surface area contributed by atoms with Crippen molar-refractivity contribution in [1.82, 2.24) is 4.98 Å². The molecule has 1 unspecified atom stereocenters. The number of halogens is 1. The van der Waals surface area contributed by atoms with Crippen molar-refractivity contribution in [1.29, 1.82) is 0 Å². The Morgan fingerprint density at radius 3 is 2.93 bits per heavy atom. The molecule has 0 amide bonds. The average Bonchev–Trinajstić information content (AvgIpc) is 2.17. The third kappa shape index (κ3) is 2.86. The zero-order valence-corrected chi connectivity index (χ0v) is 8.75. The molecule has 0 radical (unpaired) electrons. The molecule has 0 aromatic carbocycles. The summed E-state index contributed by atoms with van der Waals surface area (Å²) in [6.07, 6.45) is 5.16. The molecule has 15 heavy (non-hydrogen) atoms. The van der Waals surface area contributed by atoms with Crippen molar-refractivity contribution in [3.8, 4) is 12.3 Å². The minimum absolute atomic E-state index is 0.0431. The van der Waals surface area contributed by atoms with E-state index in [0.717, 1.165) is 0 Å². The second kappa shape index (κ2) is 4.67. The molecule has 2 N–H and O–H groups in total. The first kappa shape index (κ1) is 11.3. The average molecular weight is 225 g/mol. The van der Waals surface area contributed by atoms with Crippen molar-refractivity contribution in [2.45, 2.75) is 13.0 Å². The largest absolute Gasteiger partial charge is 0.478 e. The number of nitrogens with zero attached hydrogens (tertiary/aromatic N) is 1. The monoisotopic (exact) mass is 224 g/mol. The number of nitrogens with one attached hydrogen (secondary N) is 1. The lowest BCUT2D eigenvalue weighted by molar-refractivity contribution is 0.0697. The topological polar surface area (TPSA) is 62.2 Å². The Labute approximate surface area is 92.3 Å². The van der Waals surface area contributed by atoms with E-state index in [0.29, 0.717) is 0 Å². The van der Waals surface area contributed by atoms with E-state index in [1.54, 1.807) is 6.92 Å². The molecular formula is C10H9ClN2O2. The van der Waals surface area contributed by atoms with E-state index in [1.807, 2.05) is 0 Å². The normalized spacial score (nSPS) is 11.5. The van der Waals surface area contributed by atoms with Crippen LogP contribution in [-0.2, 0) is 0 Å². The molecule has 1 atom stereocenters. The lowest BCUT2D eigenvalue weighted by Gasteiger charge is -2.10. The quantitative estimate of drug-likeness (QED) is 0.608. The van der Waals surface area contributed by atoms with Gasteiger partial charge in [-0.3, -0.25) is 0 Å².